The highest BCUT2D eigenvalue weighted by atomic mass is 32.1. The molecule has 96 valence electrons. The van der Waals surface area contributed by atoms with Crippen molar-refractivity contribution in [2.75, 3.05) is 0 Å². The SMILES string of the molecule is C=CC=CC(=O)OC1(c2cc3ccccc3s2)CC1. The van der Waals surface area contributed by atoms with Crippen molar-refractivity contribution in [3.63, 3.8) is 0 Å². The Morgan fingerprint density at radius 2 is 2.16 bits per heavy atom. The van der Waals surface area contributed by atoms with E-state index in [1.165, 1.54) is 16.2 Å². The monoisotopic (exact) mass is 270 g/mol. The minimum Gasteiger partial charge on any atom is -0.450 e. The molecule has 0 unspecified atom stereocenters. The first-order chi connectivity index (χ1) is 9.23. The van der Waals surface area contributed by atoms with Gasteiger partial charge >= 0.3 is 5.97 Å². The summed E-state index contributed by atoms with van der Waals surface area (Å²) >= 11 is 1.71. The first-order valence-corrected chi connectivity index (χ1v) is 7.06. The Morgan fingerprint density at radius 1 is 1.37 bits per heavy atom. The number of rotatable bonds is 4. The van der Waals surface area contributed by atoms with Crippen LogP contribution in [0.2, 0.25) is 0 Å². The Hall–Kier alpha value is -1.87. The molecule has 1 aromatic carbocycles. The standard InChI is InChI=1S/C16H14O2S/c1-2-3-8-15(17)18-16(9-10-16)14-11-12-6-4-5-7-13(12)19-14/h2-8,11H,1,9-10H2. The zero-order valence-electron chi connectivity index (χ0n) is 10.5. The number of carbonyl (C=O) groups excluding carboxylic acids is 1. The molecule has 2 aromatic rings. The molecule has 2 nitrogen and oxygen atoms in total. The van der Waals surface area contributed by atoms with Gasteiger partial charge < -0.3 is 4.74 Å². The quantitative estimate of drug-likeness (QED) is 0.473. The van der Waals surface area contributed by atoms with Crippen molar-refractivity contribution in [3.8, 4) is 0 Å². The fourth-order valence-corrected chi connectivity index (χ4v) is 3.34. The molecule has 1 aromatic heterocycles. The van der Waals surface area contributed by atoms with Crippen LogP contribution in [0.25, 0.3) is 10.1 Å². The van der Waals surface area contributed by atoms with E-state index < -0.39 is 0 Å². The lowest BCUT2D eigenvalue weighted by Gasteiger charge is -2.13. The van der Waals surface area contributed by atoms with Gasteiger partial charge in [0, 0.05) is 15.7 Å². The van der Waals surface area contributed by atoms with Crippen LogP contribution in [-0.2, 0) is 15.1 Å². The Labute approximate surface area is 116 Å². The van der Waals surface area contributed by atoms with E-state index in [1.54, 1.807) is 23.5 Å². The van der Waals surface area contributed by atoms with E-state index in [-0.39, 0.29) is 11.6 Å². The highest BCUT2D eigenvalue weighted by Crippen LogP contribution is 2.52. The predicted molar refractivity (Wildman–Crippen MR) is 78.2 cm³/mol. The number of allylic oxidation sites excluding steroid dienone is 2. The van der Waals surface area contributed by atoms with E-state index in [9.17, 15) is 4.79 Å². The molecule has 0 amide bonds. The molecule has 0 aliphatic heterocycles. The maximum atomic E-state index is 11.7. The lowest BCUT2D eigenvalue weighted by Crippen LogP contribution is -2.14. The summed E-state index contributed by atoms with van der Waals surface area (Å²) in [6, 6.07) is 10.4. The maximum Gasteiger partial charge on any atom is 0.331 e. The summed E-state index contributed by atoms with van der Waals surface area (Å²) in [5.74, 6) is -0.296. The van der Waals surface area contributed by atoms with E-state index in [0.717, 1.165) is 17.7 Å². The molecule has 0 N–H and O–H groups in total. The van der Waals surface area contributed by atoms with Crippen molar-refractivity contribution in [3.05, 3.63) is 60.0 Å². The number of hydrogen-bond acceptors (Lipinski definition) is 3. The van der Waals surface area contributed by atoms with Gasteiger partial charge in [0.25, 0.3) is 0 Å². The normalized spacial score (nSPS) is 16.6. The van der Waals surface area contributed by atoms with E-state index in [1.807, 2.05) is 12.1 Å². The summed E-state index contributed by atoms with van der Waals surface area (Å²) in [7, 11) is 0. The molecule has 1 aliphatic carbocycles. The molecule has 0 saturated heterocycles. The van der Waals surface area contributed by atoms with E-state index in [2.05, 4.69) is 24.8 Å². The van der Waals surface area contributed by atoms with Crippen LogP contribution in [0.15, 0.2) is 55.1 Å². The smallest absolute Gasteiger partial charge is 0.331 e. The third kappa shape index (κ3) is 2.34. The largest absolute Gasteiger partial charge is 0.450 e. The predicted octanol–water partition coefficient (Wildman–Crippen LogP) is 4.18. The second kappa shape index (κ2) is 4.67. The third-order valence-corrected chi connectivity index (χ3v) is 4.54. The summed E-state index contributed by atoms with van der Waals surface area (Å²) in [5.41, 5.74) is -0.383. The van der Waals surface area contributed by atoms with Crippen LogP contribution in [0.4, 0.5) is 0 Å². The highest BCUT2D eigenvalue weighted by Gasteiger charge is 2.49. The van der Waals surface area contributed by atoms with Crippen molar-refractivity contribution in [1.82, 2.24) is 0 Å². The molecular weight excluding hydrogens is 256 g/mol. The summed E-state index contributed by atoms with van der Waals surface area (Å²) in [6.45, 7) is 3.54. The molecule has 1 aliphatic rings. The van der Waals surface area contributed by atoms with Gasteiger partial charge in [0.2, 0.25) is 0 Å². The molecule has 1 heterocycles. The molecule has 19 heavy (non-hydrogen) atoms. The molecule has 3 rings (SSSR count). The average Bonchev–Trinajstić information content (AvgIpc) is 3.05. The Morgan fingerprint density at radius 3 is 2.84 bits per heavy atom. The highest BCUT2D eigenvalue weighted by molar-refractivity contribution is 7.19. The molecule has 1 fully saturated rings. The molecule has 0 spiro atoms. The van der Waals surface area contributed by atoms with E-state index in [4.69, 9.17) is 4.74 Å². The topological polar surface area (TPSA) is 26.3 Å². The zero-order chi connectivity index (χ0) is 13.3. The van der Waals surface area contributed by atoms with Crippen LogP contribution in [0.5, 0.6) is 0 Å². The van der Waals surface area contributed by atoms with E-state index in [0.29, 0.717) is 0 Å². The molecule has 0 radical (unpaired) electrons. The molecular formula is C16H14O2S. The second-order valence-electron chi connectivity index (χ2n) is 4.66. The summed E-state index contributed by atoms with van der Waals surface area (Å²) in [6.07, 6.45) is 6.41. The second-order valence-corrected chi connectivity index (χ2v) is 5.74. The number of ether oxygens (including phenoxy) is 1. The number of hydrogen-bond donors (Lipinski definition) is 0. The van der Waals surface area contributed by atoms with Gasteiger partial charge in [0.05, 0.1) is 0 Å². The van der Waals surface area contributed by atoms with Gasteiger partial charge in [-0.3, -0.25) is 0 Å². The number of thiophene rings is 1. The fourth-order valence-electron chi connectivity index (χ4n) is 2.09. The van der Waals surface area contributed by atoms with Crippen LogP contribution >= 0.6 is 11.3 Å². The number of carbonyl (C=O) groups is 1. The molecule has 0 bridgehead atoms. The lowest BCUT2D eigenvalue weighted by molar-refractivity contribution is -0.145. The zero-order valence-corrected chi connectivity index (χ0v) is 11.3. The van der Waals surface area contributed by atoms with Gasteiger partial charge in [-0.2, -0.15) is 0 Å². The van der Waals surface area contributed by atoms with Gasteiger partial charge in [0.15, 0.2) is 0 Å². The van der Waals surface area contributed by atoms with Gasteiger partial charge in [-0.15, -0.1) is 11.3 Å². The summed E-state index contributed by atoms with van der Waals surface area (Å²) < 4.78 is 6.84. The lowest BCUT2D eigenvalue weighted by atomic mass is 10.2. The van der Waals surface area contributed by atoms with Gasteiger partial charge in [-0.05, 0) is 30.4 Å². The van der Waals surface area contributed by atoms with Crippen LogP contribution in [-0.4, -0.2) is 5.97 Å². The van der Waals surface area contributed by atoms with Crippen LogP contribution in [0.3, 0.4) is 0 Å². The maximum absolute atomic E-state index is 11.7. The average molecular weight is 270 g/mol. The van der Waals surface area contributed by atoms with Crippen LogP contribution in [0.1, 0.15) is 17.7 Å². The Kier molecular flexibility index (Phi) is 2.99. The Bertz CT molecular complexity index is 629. The van der Waals surface area contributed by atoms with Crippen molar-refractivity contribution >= 4 is 27.4 Å². The number of fused-ring (bicyclic) bond motifs is 1. The van der Waals surface area contributed by atoms with Crippen molar-refractivity contribution in [2.45, 2.75) is 18.4 Å². The minimum atomic E-state index is -0.383. The molecule has 1 saturated carbocycles. The van der Waals surface area contributed by atoms with Gasteiger partial charge in [-0.25, -0.2) is 4.79 Å². The number of esters is 1. The third-order valence-electron chi connectivity index (χ3n) is 3.24. The van der Waals surface area contributed by atoms with Gasteiger partial charge in [-0.1, -0.05) is 36.9 Å². The molecule has 3 heteroatoms. The van der Waals surface area contributed by atoms with Crippen molar-refractivity contribution < 1.29 is 9.53 Å². The van der Waals surface area contributed by atoms with Crippen molar-refractivity contribution in [1.29, 1.82) is 0 Å². The Balaban J connectivity index is 1.86. The van der Waals surface area contributed by atoms with Crippen LogP contribution in [0, 0.1) is 0 Å². The van der Waals surface area contributed by atoms with Crippen LogP contribution < -0.4 is 0 Å². The summed E-state index contributed by atoms with van der Waals surface area (Å²) in [5, 5.41) is 1.21. The fraction of sp³-hybridized carbons (Fsp3) is 0.188. The minimum absolute atomic E-state index is 0.296. The first-order valence-electron chi connectivity index (χ1n) is 6.25. The molecule has 0 atom stereocenters. The first kappa shape index (κ1) is 12.2. The number of benzene rings is 1. The summed E-state index contributed by atoms with van der Waals surface area (Å²) in [4.78, 5) is 12.8. The van der Waals surface area contributed by atoms with E-state index >= 15 is 0 Å². The van der Waals surface area contributed by atoms with Gasteiger partial charge in [0.1, 0.15) is 5.60 Å². The van der Waals surface area contributed by atoms with Crippen molar-refractivity contribution in [2.24, 2.45) is 0 Å².